The Morgan fingerprint density at radius 3 is 2.03 bits per heavy atom. The van der Waals surface area contributed by atoms with Crippen molar-refractivity contribution in [3.8, 4) is 5.75 Å². The van der Waals surface area contributed by atoms with Crippen LogP contribution in [-0.2, 0) is 4.74 Å². The molecule has 0 atom stereocenters. The van der Waals surface area contributed by atoms with Gasteiger partial charge in [0.1, 0.15) is 5.75 Å². The Bertz CT molecular complexity index is 988. The van der Waals surface area contributed by atoms with Crippen LogP contribution in [0.5, 0.6) is 5.75 Å². The van der Waals surface area contributed by atoms with E-state index in [1.54, 1.807) is 0 Å². The van der Waals surface area contributed by atoms with Crippen molar-refractivity contribution in [2.75, 3.05) is 112 Å². The fourth-order valence-electron chi connectivity index (χ4n) is 4.91. The molecule has 1 aromatic carbocycles. The number of morpholine rings is 1. The Labute approximate surface area is 207 Å². The molecule has 3 aliphatic heterocycles. The van der Waals surface area contributed by atoms with Crippen molar-refractivity contribution >= 4 is 23.3 Å². The lowest BCUT2D eigenvalue weighted by molar-refractivity contribution is 0.122. The molecule has 3 saturated heterocycles. The summed E-state index contributed by atoms with van der Waals surface area (Å²) in [6.07, 6.45) is 0. The lowest BCUT2D eigenvalue weighted by atomic mass is 10.2. The molecule has 3 fully saturated rings. The van der Waals surface area contributed by atoms with Gasteiger partial charge >= 0.3 is 0 Å². The van der Waals surface area contributed by atoms with Crippen LogP contribution in [-0.4, -0.2) is 107 Å². The molecule has 0 spiro atoms. The molecule has 0 aliphatic carbocycles. The van der Waals surface area contributed by atoms with Crippen molar-refractivity contribution in [3.63, 3.8) is 0 Å². The summed E-state index contributed by atoms with van der Waals surface area (Å²) in [7, 11) is 2.10. The predicted molar refractivity (Wildman–Crippen MR) is 137 cm³/mol. The first-order valence-corrected chi connectivity index (χ1v) is 12.7. The first-order valence-electron chi connectivity index (χ1n) is 12.7. The van der Waals surface area contributed by atoms with E-state index in [9.17, 15) is 0 Å². The van der Waals surface area contributed by atoms with E-state index in [0.717, 1.165) is 63.8 Å². The number of ether oxygens (including phenoxy) is 2. The van der Waals surface area contributed by atoms with E-state index < -0.39 is 0 Å². The molecule has 0 saturated carbocycles. The van der Waals surface area contributed by atoms with Gasteiger partial charge < -0.3 is 34.0 Å². The highest BCUT2D eigenvalue weighted by molar-refractivity contribution is 5.61. The molecule has 4 heterocycles. The van der Waals surface area contributed by atoms with Gasteiger partial charge in [-0.25, -0.2) is 0 Å². The Hall–Kier alpha value is -2.85. The number of para-hydroxylation sites is 2. The number of likely N-dealkylation sites (N-methyl/N-ethyl adjacent to an activating group) is 1. The van der Waals surface area contributed by atoms with Gasteiger partial charge in [-0.3, -0.25) is 0 Å². The zero-order valence-corrected chi connectivity index (χ0v) is 20.8. The maximum absolute atomic E-state index is 15.8. The molecule has 1 aromatic heterocycles. The molecule has 190 valence electrons. The van der Waals surface area contributed by atoms with Gasteiger partial charge in [-0.15, -0.1) is 0 Å². The molecule has 0 radical (unpaired) electrons. The molecule has 35 heavy (non-hydrogen) atoms. The second kappa shape index (κ2) is 10.8. The first kappa shape index (κ1) is 23.9. The van der Waals surface area contributed by atoms with Crippen LogP contribution in [0, 0.1) is 5.82 Å². The molecule has 9 nitrogen and oxygen atoms in total. The molecular formula is C25H36FN7O2. The Morgan fingerprint density at radius 2 is 1.37 bits per heavy atom. The number of halogens is 1. The van der Waals surface area contributed by atoms with Crippen molar-refractivity contribution in [2.24, 2.45) is 0 Å². The standard InChI is InChI=1S/C25H36FN7O2/c1-3-35-21-7-5-4-6-20(21)30-12-14-33(15-13-30)25-27-23(31-10-8-29(2)9-11-31)22(26)24(28-25)32-16-18-34-19-17-32/h4-7H,3,8-19H2,1-2H3. The van der Waals surface area contributed by atoms with E-state index >= 15 is 4.39 Å². The topological polar surface area (TPSA) is 60.4 Å². The Kier molecular flexibility index (Phi) is 7.38. The van der Waals surface area contributed by atoms with Gasteiger partial charge in [-0.1, -0.05) is 12.1 Å². The first-order chi connectivity index (χ1) is 17.1. The van der Waals surface area contributed by atoms with Crippen LogP contribution >= 0.6 is 0 Å². The number of piperazine rings is 2. The molecular weight excluding hydrogens is 449 g/mol. The van der Waals surface area contributed by atoms with Gasteiger partial charge in [-0.2, -0.15) is 14.4 Å². The van der Waals surface area contributed by atoms with E-state index in [0.29, 0.717) is 50.5 Å². The molecule has 0 bridgehead atoms. The normalized spacial score (nSPS) is 19.9. The van der Waals surface area contributed by atoms with Crippen molar-refractivity contribution in [2.45, 2.75) is 6.92 Å². The highest BCUT2D eigenvalue weighted by atomic mass is 19.1. The van der Waals surface area contributed by atoms with Crippen LogP contribution in [0.25, 0.3) is 0 Å². The number of hydrogen-bond acceptors (Lipinski definition) is 9. The summed E-state index contributed by atoms with van der Waals surface area (Å²) < 4.78 is 27.1. The van der Waals surface area contributed by atoms with Gasteiger partial charge in [0.2, 0.25) is 11.8 Å². The van der Waals surface area contributed by atoms with Gasteiger partial charge in [0.05, 0.1) is 25.5 Å². The number of anilines is 4. The summed E-state index contributed by atoms with van der Waals surface area (Å²) in [5.74, 6) is 2.03. The zero-order chi connectivity index (χ0) is 24.2. The zero-order valence-electron chi connectivity index (χ0n) is 20.8. The summed E-state index contributed by atoms with van der Waals surface area (Å²) in [5, 5.41) is 0. The maximum atomic E-state index is 15.8. The summed E-state index contributed by atoms with van der Waals surface area (Å²) in [4.78, 5) is 20.4. The van der Waals surface area contributed by atoms with Crippen molar-refractivity contribution in [1.29, 1.82) is 0 Å². The van der Waals surface area contributed by atoms with Crippen LogP contribution < -0.4 is 24.3 Å². The fourth-order valence-corrected chi connectivity index (χ4v) is 4.91. The highest BCUT2D eigenvalue weighted by Crippen LogP contribution is 2.32. The van der Waals surface area contributed by atoms with E-state index in [1.807, 2.05) is 30.0 Å². The van der Waals surface area contributed by atoms with E-state index in [1.165, 1.54) is 0 Å². The van der Waals surface area contributed by atoms with Gasteiger partial charge in [0.25, 0.3) is 0 Å². The van der Waals surface area contributed by atoms with Gasteiger partial charge in [0, 0.05) is 65.4 Å². The second-order valence-electron chi connectivity index (χ2n) is 9.25. The summed E-state index contributed by atoms with van der Waals surface area (Å²) in [6.45, 7) is 11.5. The number of benzene rings is 1. The van der Waals surface area contributed by atoms with Crippen LogP contribution in [0.1, 0.15) is 6.92 Å². The number of hydrogen-bond donors (Lipinski definition) is 0. The van der Waals surface area contributed by atoms with E-state index in [-0.39, 0.29) is 5.82 Å². The molecule has 3 aliphatic rings. The summed E-state index contributed by atoms with van der Waals surface area (Å²) >= 11 is 0. The monoisotopic (exact) mass is 485 g/mol. The average Bonchev–Trinajstić information content (AvgIpc) is 2.91. The van der Waals surface area contributed by atoms with E-state index in [2.05, 4.69) is 32.7 Å². The van der Waals surface area contributed by atoms with Crippen LogP contribution in [0.2, 0.25) is 0 Å². The number of aromatic nitrogens is 2. The Morgan fingerprint density at radius 1 is 0.800 bits per heavy atom. The molecule has 0 N–H and O–H groups in total. The second-order valence-corrected chi connectivity index (χ2v) is 9.25. The molecule has 0 unspecified atom stereocenters. The van der Waals surface area contributed by atoms with Crippen molar-refractivity contribution in [1.82, 2.24) is 14.9 Å². The van der Waals surface area contributed by atoms with Crippen LogP contribution in [0.4, 0.5) is 27.7 Å². The third kappa shape index (κ3) is 5.23. The van der Waals surface area contributed by atoms with E-state index in [4.69, 9.17) is 19.4 Å². The minimum Gasteiger partial charge on any atom is -0.492 e. The molecule has 2 aromatic rings. The highest BCUT2D eigenvalue weighted by Gasteiger charge is 2.29. The van der Waals surface area contributed by atoms with Crippen LogP contribution in [0.15, 0.2) is 24.3 Å². The van der Waals surface area contributed by atoms with Gasteiger partial charge in [0.15, 0.2) is 11.6 Å². The Balaban J connectivity index is 1.39. The lowest BCUT2D eigenvalue weighted by Crippen LogP contribution is -2.48. The lowest BCUT2D eigenvalue weighted by Gasteiger charge is -2.38. The minimum atomic E-state index is -0.315. The molecule has 0 amide bonds. The van der Waals surface area contributed by atoms with Gasteiger partial charge in [-0.05, 0) is 26.1 Å². The largest absolute Gasteiger partial charge is 0.492 e. The summed E-state index contributed by atoms with van der Waals surface area (Å²) in [5.41, 5.74) is 1.11. The van der Waals surface area contributed by atoms with Crippen molar-refractivity contribution in [3.05, 3.63) is 30.1 Å². The third-order valence-corrected chi connectivity index (χ3v) is 6.99. The van der Waals surface area contributed by atoms with Crippen molar-refractivity contribution < 1.29 is 13.9 Å². The third-order valence-electron chi connectivity index (χ3n) is 6.99. The maximum Gasteiger partial charge on any atom is 0.229 e. The number of rotatable bonds is 6. The SMILES string of the molecule is CCOc1ccccc1N1CCN(c2nc(N3CCOCC3)c(F)c(N3CCN(C)CC3)n2)CC1. The predicted octanol–water partition coefficient (Wildman–Crippen LogP) is 1.93. The molecule has 10 heteroatoms. The fraction of sp³-hybridized carbons (Fsp3) is 0.600. The van der Waals surface area contributed by atoms with Crippen LogP contribution in [0.3, 0.4) is 0 Å². The summed E-state index contributed by atoms with van der Waals surface area (Å²) in [6, 6.07) is 8.18. The number of nitrogens with zero attached hydrogens (tertiary/aromatic N) is 7. The smallest absolute Gasteiger partial charge is 0.229 e. The quantitative estimate of drug-likeness (QED) is 0.611. The molecule has 5 rings (SSSR count). The average molecular weight is 486 g/mol. The minimum absolute atomic E-state index is 0.315.